The summed E-state index contributed by atoms with van der Waals surface area (Å²) in [5.74, 6) is -4.18. The third-order valence-corrected chi connectivity index (χ3v) is 3.27. The van der Waals surface area contributed by atoms with Gasteiger partial charge in [0.15, 0.2) is 11.6 Å². The largest absolute Gasteiger partial charge is 0.352 e. The molecule has 0 spiro atoms. The average molecular weight is 258 g/mol. The molecule has 3 N–H and O–H groups in total. The Labute approximate surface area is 102 Å². The molecule has 1 aromatic carbocycles. The Morgan fingerprint density at radius 1 is 1.28 bits per heavy atom. The molecule has 0 aromatic heterocycles. The summed E-state index contributed by atoms with van der Waals surface area (Å²) in [5, 5.41) is 2.53. The fourth-order valence-corrected chi connectivity index (χ4v) is 2.27. The number of piperidine rings is 1. The van der Waals surface area contributed by atoms with Gasteiger partial charge in [-0.25, -0.2) is 13.2 Å². The van der Waals surface area contributed by atoms with E-state index in [-0.39, 0.29) is 17.9 Å². The lowest BCUT2D eigenvalue weighted by atomic mass is 9.83. The van der Waals surface area contributed by atoms with E-state index in [1.165, 1.54) is 0 Å². The number of carbonyl (C=O) groups excluding carboxylic acids is 1. The molecular formula is C12H13F3N2O. The second-order valence-electron chi connectivity index (χ2n) is 4.50. The topological polar surface area (TPSA) is 55.1 Å². The van der Waals surface area contributed by atoms with Crippen molar-refractivity contribution in [3.8, 4) is 0 Å². The molecule has 6 heteroatoms. The fourth-order valence-electron chi connectivity index (χ4n) is 2.27. The minimum Gasteiger partial charge on any atom is -0.352 e. The minimum absolute atomic E-state index is 0.0876. The highest BCUT2D eigenvalue weighted by Gasteiger charge is 2.35. The van der Waals surface area contributed by atoms with E-state index >= 15 is 0 Å². The highest BCUT2D eigenvalue weighted by Crippen LogP contribution is 2.32. The number of amides is 1. The van der Waals surface area contributed by atoms with Gasteiger partial charge in [0.1, 0.15) is 5.82 Å². The van der Waals surface area contributed by atoms with Gasteiger partial charge < -0.3 is 11.1 Å². The molecule has 1 amide bonds. The molecule has 0 unspecified atom stereocenters. The standard InChI is InChI=1S/C12H13F3N2O/c1-5-6(4-9(16)12(18)17-5)10-7(13)2-3-8(14)11(10)15/h2-3,5-6,9H,4,16H2,1H3,(H,17,18)/t5-,6-,9+/m1/s1. The van der Waals surface area contributed by atoms with Crippen LogP contribution >= 0.6 is 0 Å². The molecule has 0 saturated carbocycles. The quantitative estimate of drug-likeness (QED) is 0.749. The average Bonchev–Trinajstić information content (AvgIpc) is 2.31. The number of halogens is 3. The van der Waals surface area contributed by atoms with Gasteiger partial charge in [0, 0.05) is 17.5 Å². The van der Waals surface area contributed by atoms with Crippen molar-refractivity contribution in [2.45, 2.75) is 31.3 Å². The van der Waals surface area contributed by atoms with Gasteiger partial charge in [-0.1, -0.05) is 0 Å². The molecular weight excluding hydrogens is 245 g/mol. The number of hydrogen-bond donors (Lipinski definition) is 2. The molecule has 98 valence electrons. The normalized spacial score (nSPS) is 28.1. The van der Waals surface area contributed by atoms with Crippen molar-refractivity contribution in [1.82, 2.24) is 5.32 Å². The predicted molar refractivity (Wildman–Crippen MR) is 59.3 cm³/mol. The maximum Gasteiger partial charge on any atom is 0.237 e. The van der Waals surface area contributed by atoms with Crippen LogP contribution in [0, 0.1) is 17.5 Å². The molecule has 1 aliphatic rings. The van der Waals surface area contributed by atoms with Crippen LogP contribution in [0.5, 0.6) is 0 Å². The highest BCUT2D eigenvalue weighted by molar-refractivity contribution is 5.83. The van der Waals surface area contributed by atoms with Gasteiger partial charge in [-0.05, 0) is 25.5 Å². The van der Waals surface area contributed by atoms with E-state index in [9.17, 15) is 18.0 Å². The molecule has 3 atom stereocenters. The fraction of sp³-hybridized carbons (Fsp3) is 0.417. The molecule has 1 aromatic rings. The van der Waals surface area contributed by atoms with Gasteiger partial charge >= 0.3 is 0 Å². The lowest BCUT2D eigenvalue weighted by molar-refractivity contribution is -0.125. The first-order chi connectivity index (χ1) is 8.41. The van der Waals surface area contributed by atoms with E-state index in [2.05, 4.69) is 5.32 Å². The molecule has 18 heavy (non-hydrogen) atoms. The second-order valence-corrected chi connectivity index (χ2v) is 4.50. The predicted octanol–water partition coefficient (Wildman–Crippen LogP) is 1.42. The zero-order chi connectivity index (χ0) is 13.4. The van der Waals surface area contributed by atoms with Crippen LogP contribution in [0.25, 0.3) is 0 Å². The molecule has 0 bridgehead atoms. The van der Waals surface area contributed by atoms with Crippen LogP contribution in [-0.4, -0.2) is 18.0 Å². The molecule has 0 aliphatic carbocycles. The van der Waals surface area contributed by atoms with Crippen molar-refractivity contribution >= 4 is 5.91 Å². The van der Waals surface area contributed by atoms with E-state index < -0.39 is 35.5 Å². The number of benzene rings is 1. The maximum atomic E-state index is 13.7. The Morgan fingerprint density at radius 2 is 1.89 bits per heavy atom. The number of rotatable bonds is 1. The van der Waals surface area contributed by atoms with Crippen LogP contribution in [0.3, 0.4) is 0 Å². The summed E-state index contributed by atoms with van der Waals surface area (Å²) in [7, 11) is 0. The van der Waals surface area contributed by atoms with Gasteiger partial charge in [-0.2, -0.15) is 0 Å². The molecule has 2 rings (SSSR count). The summed E-state index contributed by atoms with van der Waals surface area (Å²) in [4.78, 5) is 11.3. The van der Waals surface area contributed by atoms with E-state index in [1.807, 2.05) is 0 Å². The zero-order valence-corrected chi connectivity index (χ0v) is 9.71. The Hall–Kier alpha value is -1.56. The van der Waals surface area contributed by atoms with Gasteiger partial charge in [-0.15, -0.1) is 0 Å². The van der Waals surface area contributed by atoms with Gasteiger partial charge in [0.2, 0.25) is 5.91 Å². The summed E-state index contributed by atoms with van der Waals surface area (Å²) in [5.41, 5.74) is 5.21. The Bertz CT molecular complexity index is 492. The van der Waals surface area contributed by atoms with Crippen LogP contribution < -0.4 is 11.1 Å². The van der Waals surface area contributed by atoms with Crippen molar-refractivity contribution in [2.24, 2.45) is 5.73 Å². The summed E-state index contributed by atoms with van der Waals surface area (Å²) in [6.07, 6.45) is 0.0876. The molecule has 3 nitrogen and oxygen atoms in total. The lowest BCUT2D eigenvalue weighted by Crippen LogP contribution is -2.53. The monoisotopic (exact) mass is 258 g/mol. The van der Waals surface area contributed by atoms with E-state index in [0.29, 0.717) is 0 Å². The minimum atomic E-state index is -1.21. The lowest BCUT2D eigenvalue weighted by Gasteiger charge is -2.33. The Kier molecular flexibility index (Phi) is 3.30. The summed E-state index contributed by atoms with van der Waals surface area (Å²) < 4.78 is 40.5. The van der Waals surface area contributed by atoms with Crippen LogP contribution in [0.2, 0.25) is 0 Å². The van der Waals surface area contributed by atoms with Crippen molar-refractivity contribution in [1.29, 1.82) is 0 Å². The summed E-state index contributed by atoms with van der Waals surface area (Å²) >= 11 is 0. The van der Waals surface area contributed by atoms with Crippen molar-refractivity contribution in [3.63, 3.8) is 0 Å². The molecule has 1 aliphatic heterocycles. The van der Waals surface area contributed by atoms with Crippen molar-refractivity contribution < 1.29 is 18.0 Å². The second kappa shape index (κ2) is 4.61. The molecule has 1 saturated heterocycles. The van der Waals surface area contributed by atoms with Crippen LogP contribution in [0.4, 0.5) is 13.2 Å². The van der Waals surface area contributed by atoms with Crippen molar-refractivity contribution in [3.05, 3.63) is 35.1 Å². The SMILES string of the molecule is C[C@H]1NC(=O)[C@@H](N)C[C@H]1c1c(F)ccc(F)c1F. The smallest absolute Gasteiger partial charge is 0.237 e. The van der Waals surface area contributed by atoms with Crippen molar-refractivity contribution in [2.75, 3.05) is 0 Å². The van der Waals surface area contributed by atoms with Gasteiger partial charge in [0.05, 0.1) is 6.04 Å². The maximum absolute atomic E-state index is 13.7. The summed E-state index contributed by atoms with van der Waals surface area (Å²) in [6, 6.07) is 0.277. The van der Waals surface area contributed by atoms with Crippen LogP contribution in [-0.2, 0) is 4.79 Å². The van der Waals surface area contributed by atoms with Gasteiger partial charge in [0.25, 0.3) is 0 Å². The Morgan fingerprint density at radius 3 is 2.56 bits per heavy atom. The van der Waals surface area contributed by atoms with Crippen LogP contribution in [0.15, 0.2) is 12.1 Å². The first kappa shape index (κ1) is 12.9. The number of nitrogens with two attached hydrogens (primary N) is 1. The third kappa shape index (κ3) is 2.08. The summed E-state index contributed by atoms with van der Waals surface area (Å²) in [6.45, 7) is 1.61. The number of nitrogens with one attached hydrogen (secondary N) is 1. The first-order valence-corrected chi connectivity index (χ1v) is 5.61. The third-order valence-electron chi connectivity index (χ3n) is 3.27. The van der Waals surface area contributed by atoms with E-state index in [1.54, 1.807) is 6.92 Å². The Balaban J connectivity index is 2.42. The number of hydrogen-bond acceptors (Lipinski definition) is 2. The van der Waals surface area contributed by atoms with Gasteiger partial charge in [-0.3, -0.25) is 4.79 Å². The van der Waals surface area contributed by atoms with Crippen LogP contribution in [0.1, 0.15) is 24.8 Å². The molecule has 1 fully saturated rings. The first-order valence-electron chi connectivity index (χ1n) is 5.61. The van der Waals surface area contributed by atoms with E-state index in [4.69, 9.17) is 5.73 Å². The van der Waals surface area contributed by atoms with E-state index in [0.717, 1.165) is 12.1 Å². The zero-order valence-electron chi connectivity index (χ0n) is 9.71. The molecule has 1 heterocycles. The molecule has 0 radical (unpaired) electrons. The number of carbonyl (C=O) groups is 1. The highest BCUT2D eigenvalue weighted by atomic mass is 19.2.